The van der Waals surface area contributed by atoms with E-state index in [-0.39, 0.29) is 0 Å². The van der Waals surface area contributed by atoms with Crippen LogP contribution in [0.15, 0.2) is 0 Å². The van der Waals surface area contributed by atoms with Gasteiger partial charge in [-0.1, -0.05) is 27.2 Å². The summed E-state index contributed by atoms with van der Waals surface area (Å²) in [5, 5.41) is 0.329. The summed E-state index contributed by atoms with van der Waals surface area (Å²) in [4.78, 5) is 2.56. The summed E-state index contributed by atoms with van der Waals surface area (Å²) in [7, 11) is 0. The van der Waals surface area contributed by atoms with Crippen LogP contribution in [-0.2, 0) is 0 Å². The van der Waals surface area contributed by atoms with Crippen molar-refractivity contribution in [1.82, 2.24) is 4.90 Å². The van der Waals surface area contributed by atoms with Crippen molar-refractivity contribution in [3.63, 3.8) is 0 Å². The van der Waals surface area contributed by atoms with Crippen LogP contribution in [0.5, 0.6) is 0 Å². The average Bonchev–Trinajstić information content (AvgIpc) is 2.08. The molecule has 0 aromatic carbocycles. The minimum absolute atomic E-state index is 0.329. The molecule has 1 heterocycles. The molecule has 2 heteroatoms. The van der Waals surface area contributed by atoms with Gasteiger partial charge in [-0.15, -0.1) is 11.6 Å². The lowest BCUT2D eigenvalue weighted by molar-refractivity contribution is 0.0743. The fourth-order valence-electron chi connectivity index (χ4n) is 2.33. The zero-order chi connectivity index (χ0) is 10.8. The van der Waals surface area contributed by atoms with E-state index in [9.17, 15) is 0 Å². The van der Waals surface area contributed by atoms with Gasteiger partial charge >= 0.3 is 0 Å². The van der Waals surface area contributed by atoms with Crippen LogP contribution in [0.3, 0.4) is 0 Å². The molecule has 0 aliphatic carbocycles. The number of unbranched alkanes of at least 4 members (excludes halogenated alkanes) is 1. The summed E-state index contributed by atoms with van der Waals surface area (Å²) in [6.45, 7) is 11.6. The number of halogens is 1. The Morgan fingerprint density at radius 2 is 2.07 bits per heavy atom. The zero-order valence-corrected chi connectivity index (χ0v) is 10.8. The van der Waals surface area contributed by atoms with E-state index in [4.69, 9.17) is 11.6 Å². The van der Waals surface area contributed by atoms with Gasteiger partial charge in [0, 0.05) is 18.0 Å². The van der Waals surface area contributed by atoms with Crippen molar-refractivity contribution >= 4 is 11.6 Å². The standard InChI is InChI=1S/C12H24ClN/c1-5-6-7-14-9-12(3,4)8-11(13)10(14)2/h10-11H,5-9H2,1-4H3/t10-,11+/m0/s1. The Morgan fingerprint density at radius 1 is 1.43 bits per heavy atom. The predicted octanol–water partition coefficient (Wildman–Crippen LogP) is 3.51. The topological polar surface area (TPSA) is 3.24 Å². The molecule has 0 bridgehead atoms. The predicted molar refractivity (Wildman–Crippen MR) is 64.0 cm³/mol. The van der Waals surface area contributed by atoms with Crippen molar-refractivity contribution < 1.29 is 0 Å². The quantitative estimate of drug-likeness (QED) is 0.654. The Hall–Kier alpha value is 0.250. The van der Waals surface area contributed by atoms with Gasteiger partial charge in [0.2, 0.25) is 0 Å². The molecule has 0 N–H and O–H groups in total. The molecule has 0 radical (unpaired) electrons. The molecule has 0 saturated carbocycles. The third kappa shape index (κ3) is 3.13. The lowest BCUT2D eigenvalue weighted by atomic mass is 9.81. The minimum Gasteiger partial charge on any atom is -0.299 e. The van der Waals surface area contributed by atoms with Crippen LogP contribution in [0.2, 0.25) is 0 Å². The maximum absolute atomic E-state index is 6.38. The fourth-order valence-corrected chi connectivity index (χ4v) is 2.91. The third-order valence-electron chi connectivity index (χ3n) is 3.28. The summed E-state index contributed by atoms with van der Waals surface area (Å²) < 4.78 is 0. The molecule has 0 spiro atoms. The van der Waals surface area contributed by atoms with Crippen molar-refractivity contribution in [1.29, 1.82) is 0 Å². The fraction of sp³-hybridized carbons (Fsp3) is 1.00. The van der Waals surface area contributed by atoms with Crippen LogP contribution in [-0.4, -0.2) is 29.4 Å². The van der Waals surface area contributed by atoms with Gasteiger partial charge < -0.3 is 0 Å². The third-order valence-corrected chi connectivity index (χ3v) is 3.80. The highest BCUT2D eigenvalue weighted by Crippen LogP contribution is 2.34. The van der Waals surface area contributed by atoms with Gasteiger partial charge in [-0.3, -0.25) is 4.90 Å². The number of rotatable bonds is 3. The van der Waals surface area contributed by atoms with Gasteiger partial charge in [-0.2, -0.15) is 0 Å². The van der Waals surface area contributed by atoms with Crippen molar-refractivity contribution in [3.8, 4) is 0 Å². The molecule has 1 rings (SSSR count). The maximum Gasteiger partial charge on any atom is 0.0494 e. The molecule has 1 aliphatic heterocycles. The lowest BCUT2D eigenvalue weighted by Crippen LogP contribution is -2.51. The molecule has 0 aromatic heterocycles. The first-order valence-corrected chi connectivity index (χ1v) is 6.28. The van der Waals surface area contributed by atoms with Crippen LogP contribution in [0.4, 0.5) is 0 Å². The summed E-state index contributed by atoms with van der Waals surface area (Å²) in [5.41, 5.74) is 0.396. The molecule has 1 saturated heterocycles. The number of likely N-dealkylation sites (tertiary alicyclic amines) is 1. The van der Waals surface area contributed by atoms with Crippen LogP contribution >= 0.6 is 11.6 Å². The number of piperidine rings is 1. The SMILES string of the molecule is CCCCN1CC(C)(C)C[C@@H](Cl)[C@@H]1C. The van der Waals surface area contributed by atoms with Crippen molar-refractivity contribution in [2.45, 2.75) is 58.4 Å². The van der Waals surface area contributed by atoms with E-state index >= 15 is 0 Å². The van der Waals surface area contributed by atoms with E-state index in [1.807, 2.05) is 0 Å². The normalized spacial score (nSPS) is 33.2. The monoisotopic (exact) mass is 217 g/mol. The first-order chi connectivity index (χ1) is 6.46. The molecular weight excluding hydrogens is 194 g/mol. The van der Waals surface area contributed by atoms with E-state index in [1.165, 1.54) is 25.9 Å². The molecule has 1 fully saturated rings. The highest BCUT2D eigenvalue weighted by atomic mass is 35.5. The molecule has 0 unspecified atom stereocenters. The zero-order valence-electron chi connectivity index (χ0n) is 10.0. The smallest absolute Gasteiger partial charge is 0.0494 e. The van der Waals surface area contributed by atoms with E-state index in [1.54, 1.807) is 0 Å². The summed E-state index contributed by atoms with van der Waals surface area (Å²) in [5.74, 6) is 0. The van der Waals surface area contributed by atoms with E-state index in [2.05, 4.69) is 32.6 Å². The Balaban J connectivity index is 2.54. The molecule has 2 atom stereocenters. The molecule has 84 valence electrons. The molecule has 14 heavy (non-hydrogen) atoms. The van der Waals surface area contributed by atoms with Crippen LogP contribution in [0.25, 0.3) is 0 Å². The van der Waals surface area contributed by atoms with E-state index < -0.39 is 0 Å². The van der Waals surface area contributed by atoms with E-state index in [0.29, 0.717) is 16.8 Å². The molecule has 0 aromatic rings. The Bertz CT molecular complexity index is 179. The number of nitrogens with zero attached hydrogens (tertiary/aromatic N) is 1. The first kappa shape index (κ1) is 12.3. The minimum atomic E-state index is 0.329. The number of alkyl halides is 1. The van der Waals surface area contributed by atoms with E-state index in [0.717, 1.165) is 6.42 Å². The van der Waals surface area contributed by atoms with Gasteiger partial charge in [0.05, 0.1) is 0 Å². The second kappa shape index (κ2) is 4.85. The Morgan fingerprint density at radius 3 is 2.64 bits per heavy atom. The highest BCUT2D eigenvalue weighted by Gasteiger charge is 2.36. The van der Waals surface area contributed by atoms with Gasteiger partial charge in [0.25, 0.3) is 0 Å². The maximum atomic E-state index is 6.38. The van der Waals surface area contributed by atoms with Crippen molar-refractivity contribution in [2.75, 3.05) is 13.1 Å². The second-order valence-corrected chi connectivity index (χ2v) is 6.01. The molecule has 1 nitrogen and oxygen atoms in total. The number of hydrogen-bond acceptors (Lipinski definition) is 1. The Labute approximate surface area is 93.8 Å². The first-order valence-electron chi connectivity index (χ1n) is 5.84. The summed E-state index contributed by atoms with van der Waals surface area (Å²) in [6.07, 6.45) is 3.72. The highest BCUT2D eigenvalue weighted by molar-refractivity contribution is 6.21. The molecule has 0 amide bonds. The average molecular weight is 218 g/mol. The summed E-state index contributed by atoms with van der Waals surface area (Å²) >= 11 is 6.38. The van der Waals surface area contributed by atoms with Gasteiger partial charge in [-0.25, -0.2) is 0 Å². The van der Waals surface area contributed by atoms with Crippen LogP contribution < -0.4 is 0 Å². The van der Waals surface area contributed by atoms with Crippen molar-refractivity contribution in [2.24, 2.45) is 5.41 Å². The van der Waals surface area contributed by atoms with Crippen LogP contribution in [0.1, 0.15) is 47.0 Å². The molecular formula is C12H24ClN. The van der Waals surface area contributed by atoms with Gasteiger partial charge in [0.1, 0.15) is 0 Å². The summed E-state index contributed by atoms with van der Waals surface area (Å²) in [6, 6.07) is 0.552. The van der Waals surface area contributed by atoms with Crippen LogP contribution in [0, 0.1) is 5.41 Å². The number of hydrogen-bond donors (Lipinski definition) is 0. The molecule has 1 aliphatic rings. The Kier molecular flexibility index (Phi) is 4.27. The van der Waals surface area contributed by atoms with Gasteiger partial charge in [-0.05, 0) is 31.7 Å². The van der Waals surface area contributed by atoms with Crippen molar-refractivity contribution in [3.05, 3.63) is 0 Å². The second-order valence-electron chi connectivity index (χ2n) is 5.45. The largest absolute Gasteiger partial charge is 0.299 e. The van der Waals surface area contributed by atoms with Gasteiger partial charge in [0.15, 0.2) is 0 Å². The lowest BCUT2D eigenvalue weighted by Gasteiger charge is -2.45.